The van der Waals surface area contributed by atoms with Crippen LogP contribution in [-0.2, 0) is 11.2 Å². The zero-order valence-electron chi connectivity index (χ0n) is 9.92. The van der Waals surface area contributed by atoms with E-state index in [4.69, 9.17) is 0 Å². The average molecular weight is 254 g/mol. The molecule has 19 heavy (non-hydrogen) atoms. The van der Waals surface area contributed by atoms with Crippen LogP contribution in [0.25, 0.3) is 5.69 Å². The highest BCUT2D eigenvalue weighted by atomic mass is 16.2. The normalized spacial score (nSPS) is 13.9. The van der Waals surface area contributed by atoms with E-state index in [2.05, 4.69) is 5.32 Å². The number of amides is 2. The first-order valence-electron chi connectivity index (χ1n) is 5.80. The van der Waals surface area contributed by atoms with Crippen molar-refractivity contribution in [3.63, 3.8) is 0 Å². The van der Waals surface area contributed by atoms with Gasteiger partial charge in [0.25, 0.3) is 11.5 Å². The lowest BCUT2D eigenvalue weighted by Gasteiger charge is -2.16. The van der Waals surface area contributed by atoms with Crippen molar-refractivity contribution in [2.24, 2.45) is 0 Å². The Hall–Kier alpha value is -2.69. The molecule has 3 rings (SSSR count). The lowest BCUT2D eigenvalue weighted by Crippen LogP contribution is -2.37. The Morgan fingerprint density at radius 1 is 1.05 bits per heavy atom. The van der Waals surface area contributed by atoms with Gasteiger partial charge in [-0.25, -0.2) is 0 Å². The molecule has 2 amide bonds. The number of rotatable bonds is 1. The SMILES string of the molecule is O=C1Cc2ccc(-n3ccccc3=O)cc2C(=O)N1. The topological polar surface area (TPSA) is 68.2 Å². The van der Waals surface area contributed by atoms with E-state index in [0.29, 0.717) is 16.8 Å². The fraction of sp³-hybridized carbons (Fsp3) is 0.0714. The molecule has 0 bridgehead atoms. The number of hydrogen-bond acceptors (Lipinski definition) is 3. The van der Waals surface area contributed by atoms with Gasteiger partial charge >= 0.3 is 0 Å². The second-order valence-electron chi connectivity index (χ2n) is 4.30. The molecule has 0 aliphatic carbocycles. The Morgan fingerprint density at radius 3 is 2.68 bits per heavy atom. The Kier molecular flexibility index (Phi) is 2.52. The Morgan fingerprint density at radius 2 is 1.89 bits per heavy atom. The third-order valence-electron chi connectivity index (χ3n) is 3.04. The summed E-state index contributed by atoms with van der Waals surface area (Å²) in [5, 5.41) is 2.26. The van der Waals surface area contributed by atoms with Crippen LogP contribution in [0.1, 0.15) is 15.9 Å². The van der Waals surface area contributed by atoms with Crippen LogP contribution >= 0.6 is 0 Å². The smallest absolute Gasteiger partial charge is 0.258 e. The van der Waals surface area contributed by atoms with Crippen molar-refractivity contribution in [3.05, 3.63) is 64.1 Å². The number of hydrogen-bond donors (Lipinski definition) is 1. The van der Waals surface area contributed by atoms with Crippen LogP contribution in [0.2, 0.25) is 0 Å². The number of nitrogens with one attached hydrogen (secondary N) is 1. The molecule has 0 unspecified atom stereocenters. The molecule has 1 aromatic heterocycles. The fourth-order valence-electron chi connectivity index (χ4n) is 2.13. The van der Waals surface area contributed by atoms with Gasteiger partial charge in [0.05, 0.1) is 6.42 Å². The summed E-state index contributed by atoms with van der Waals surface area (Å²) in [5.41, 5.74) is 1.55. The number of fused-ring (bicyclic) bond motifs is 1. The summed E-state index contributed by atoms with van der Waals surface area (Å²) in [6, 6.07) is 9.90. The van der Waals surface area contributed by atoms with Crippen molar-refractivity contribution in [2.45, 2.75) is 6.42 Å². The number of carbonyl (C=O) groups excluding carboxylic acids is 2. The highest BCUT2D eigenvalue weighted by Gasteiger charge is 2.22. The summed E-state index contributed by atoms with van der Waals surface area (Å²) in [6.07, 6.45) is 1.82. The average Bonchev–Trinajstić information content (AvgIpc) is 2.39. The van der Waals surface area contributed by atoms with Gasteiger partial charge in [0, 0.05) is 23.5 Å². The van der Waals surface area contributed by atoms with Gasteiger partial charge in [0.15, 0.2) is 0 Å². The highest BCUT2D eigenvalue weighted by molar-refractivity contribution is 6.09. The lowest BCUT2D eigenvalue weighted by molar-refractivity contribution is -0.119. The van der Waals surface area contributed by atoms with E-state index in [-0.39, 0.29) is 17.9 Å². The van der Waals surface area contributed by atoms with Gasteiger partial charge in [0.1, 0.15) is 0 Å². The Labute approximate surface area is 108 Å². The Balaban J connectivity index is 2.15. The summed E-state index contributed by atoms with van der Waals surface area (Å²) < 4.78 is 1.45. The Bertz CT molecular complexity index is 746. The van der Waals surface area contributed by atoms with Gasteiger partial charge in [0.2, 0.25) is 5.91 Å². The zero-order valence-corrected chi connectivity index (χ0v) is 9.92. The van der Waals surface area contributed by atoms with E-state index in [1.165, 1.54) is 10.6 Å². The van der Waals surface area contributed by atoms with Gasteiger partial charge < -0.3 is 0 Å². The monoisotopic (exact) mass is 254 g/mol. The van der Waals surface area contributed by atoms with Crippen molar-refractivity contribution in [1.29, 1.82) is 0 Å². The number of imide groups is 1. The number of nitrogens with zero attached hydrogens (tertiary/aromatic N) is 1. The predicted molar refractivity (Wildman–Crippen MR) is 68.2 cm³/mol. The molecule has 94 valence electrons. The molecule has 1 N–H and O–H groups in total. The van der Waals surface area contributed by atoms with Crippen LogP contribution in [0.4, 0.5) is 0 Å². The molecular weight excluding hydrogens is 244 g/mol. The van der Waals surface area contributed by atoms with Crippen molar-refractivity contribution in [3.8, 4) is 5.69 Å². The van der Waals surface area contributed by atoms with E-state index in [0.717, 1.165) is 0 Å². The lowest BCUT2D eigenvalue weighted by atomic mass is 9.99. The van der Waals surface area contributed by atoms with Crippen molar-refractivity contribution in [1.82, 2.24) is 9.88 Å². The zero-order chi connectivity index (χ0) is 13.4. The number of aromatic nitrogens is 1. The first-order valence-corrected chi connectivity index (χ1v) is 5.80. The molecule has 5 heteroatoms. The van der Waals surface area contributed by atoms with Gasteiger partial charge in [-0.1, -0.05) is 12.1 Å². The molecule has 0 spiro atoms. The molecule has 1 aliphatic rings. The van der Waals surface area contributed by atoms with Crippen LogP contribution in [0.5, 0.6) is 0 Å². The van der Waals surface area contributed by atoms with Crippen LogP contribution in [0, 0.1) is 0 Å². The minimum Gasteiger partial charge on any atom is -0.292 e. The first kappa shape index (κ1) is 11.4. The second kappa shape index (κ2) is 4.20. The van der Waals surface area contributed by atoms with E-state index < -0.39 is 5.91 Å². The van der Waals surface area contributed by atoms with Gasteiger partial charge in [-0.2, -0.15) is 0 Å². The van der Waals surface area contributed by atoms with Crippen molar-refractivity contribution < 1.29 is 9.59 Å². The van der Waals surface area contributed by atoms with Crippen LogP contribution in [-0.4, -0.2) is 16.4 Å². The first-order chi connectivity index (χ1) is 9.15. The number of pyridine rings is 1. The van der Waals surface area contributed by atoms with Gasteiger partial charge in [-0.05, 0) is 23.8 Å². The number of carbonyl (C=O) groups is 2. The third kappa shape index (κ3) is 1.95. The maximum atomic E-state index is 11.7. The summed E-state index contributed by atoms with van der Waals surface area (Å²) in [4.78, 5) is 34.7. The standard InChI is InChI=1S/C14H10N2O3/c17-12-7-9-4-5-10(8-11(9)14(19)15-12)16-6-2-1-3-13(16)18/h1-6,8H,7H2,(H,15,17,19). The maximum absolute atomic E-state index is 11.7. The number of benzene rings is 1. The van der Waals surface area contributed by atoms with Crippen LogP contribution in [0.15, 0.2) is 47.4 Å². The summed E-state index contributed by atoms with van der Waals surface area (Å²) in [5.74, 6) is -0.723. The largest absolute Gasteiger partial charge is 0.292 e. The molecule has 0 fully saturated rings. The van der Waals surface area contributed by atoms with E-state index >= 15 is 0 Å². The van der Waals surface area contributed by atoms with E-state index in [9.17, 15) is 14.4 Å². The van der Waals surface area contributed by atoms with Gasteiger partial charge in [-0.3, -0.25) is 24.3 Å². The molecule has 0 saturated heterocycles. The molecule has 0 radical (unpaired) electrons. The third-order valence-corrected chi connectivity index (χ3v) is 3.04. The predicted octanol–water partition coefficient (Wildman–Crippen LogP) is 0.650. The summed E-state index contributed by atoms with van der Waals surface area (Å²) in [7, 11) is 0. The van der Waals surface area contributed by atoms with E-state index in [1.807, 2.05) is 0 Å². The summed E-state index contributed by atoms with van der Waals surface area (Å²) in [6.45, 7) is 0. The summed E-state index contributed by atoms with van der Waals surface area (Å²) >= 11 is 0. The van der Waals surface area contributed by atoms with Gasteiger partial charge in [-0.15, -0.1) is 0 Å². The minimum absolute atomic E-state index is 0.172. The molecule has 5 nitrogen and oxygen atoms in total. The van der Waals surface area contributed by atoms with E-state index in [1.54, 1.807) is 36.5 Å². The molecule has 2 heterocycles. The fourth-order valence-corrected chi connectivity index (χ4v) is 2.13. The molecule has 1 aromatic carbocycles. The molecule has 1 aliphatic heterocycles. The highest BCUT2D eigenvalue weighted by Crippen LogP contribution is 2.18. The molecule has 2 aromatic rings. The van der Waals surface area contributed by atoms with Crippen LogP contribution in [0.3, 0.4) is 0 Å². The maximum Gasteiger partial charge on any atom is 0.258 e. The van der Waals surface area contributed by atoms with Crippen molar-refractivity contribution >= 4 is 11.8 Å². The molecule has 0 saturated carbocycles. The quantitative estimate of drug-likeness (QED) is 0.760. The molecule has 0 atom stereocenters. The second-order valence-corrected chi connectivity index (χ2v) is 4.30. The minimum atomic E-state index is -0.419. The van der Waals surface area contributed by atoms with Crippen molar-refractivity contribution in [2.75, 3.05) is 0 Å². The van der Waals surface area contributed by atoms with Crippen LogP contribution < -0.4 is 10.9 Å². The molecular formula is C14H10N2O3.